The van der Waals surface area contributed by atoms with Crippen LogP contribution in [-0.4, -0.2) is 57.4 Å². The highest BCUT2D eigenvalue weighted by atomic mass is 35.5. The van der Waals surface area contributed by atoms with Gasteiger partial charge in [-0.25, -0.2) is 14.1 Å². The van der Waals surface area contributed by atoms with Gasteiger partial charge in [0.15, 0.2) is 5.82 Å². The summed E-state index contributed by atoms with van der Waals surface area (Å²) < 4.78 is 15.4. The van der Waals surface area contributed by atoms with Crippen LogP contribution in [0.1, 0.15) is 16.8 Å². The Labute approximate surface area is 187 Å². The molecule has 3 aromatic rings. The van der Waals surface area contributed by atoms with Gasteiger partial charge in [0.2, 0.25) is 5.95 Å². The fraction of sp³-hybridized carbons (Fsp3) is 0.318. The molecule has 31 heavy (non-hydrogen) atoms. The smallest absolute Gasteiger partial charge is 0.221 e. The number of nitrogens with two attached hydrogens (primary N) is 1. The number of rotatable bonds is 5. The molecule has 1 aliphatic rings. The molecule has 0 saturated carbocycles. The Morgan fingerprint density at radius 2 is 1.90 bits per heavy atom. The molecule has 0 aliphatic carbocycles. The van der Waals surface area contributed by atoms with E-state index in [1.54, 1.807) is 29.1 Å². The average Bonchev–Trinajstić information content (AvgIpc) is 3.08. The minimum Gasteiger partial charge on any atom is -0.369 e. The first-order valence-electron chi connectivity index (χ1n) is 10.0. The summed E-state index contributed by atoms with van der Waals surface area (Å²) in [5.74, 6) is 0.714. The van der Waals surface area contributed by atoms with E-state index in [1.807, 2.05) is 26.1 Å². The van der Waals surface area contributed by atoms with Crippen molar-refractivity contribution in [2.75, 3.05) is 43.4 Å². The highest BCUT2D eigenvalue weighted by Gasteiger charge is 2.17. The molecular weight excluding hydrogens is 417 g/mol. The van der Waals surface area contributed by atoms with Crippen molar-refractivity contribution in [1.82, 2.24) is 24.6 Å². The first-order valence-corrected chi connectivity index (χ1v) is 10.0. The van der Waals surface area contributed by atoms with Crippen molar-refractivity contribution >= 4 is 30.1 Å². The summed E-state index contributed by atoms with van der Waals surface area (Å²) >= 11 is 0. The molecule has 9 heteroatoms. The summed E-state index contributed by atoms with van der Waals surface area (Å²) in [5.41, 5.74) is 9.63. The lowest BCUT2D eigenvalue weighted by Gasteiger charge is -2.35. The van der Waals surface area contributed by atoms with E-state index < -0.39 is 0 Å². The van der Waals surface area contributed by atoms with Gasteiger partial charge in [-0.05, 0) is 37.6 Å². The van der Waals surface area contributed by atoms with Crippen LogP contribution in [0.15, 0.2) is 42.7 Å². The monoisotopic (exact) mass is 443 g/mol. The molecule has 0 atom stereocenters. The van der Waals surface area contributed by atoms with Gasteiger partial charge in [-0.1, -0.05) is 12.2 Å². The normalized spacial score (nSPS) is 14.7. The standard InChI is InChI=1S/C22H26FN7.ClH/c1-16-12-19(23)14-20(13-16)29-10-8-28(9-11-29)7-3-4-18-15-26-30(17(18)2)21-5-6-25-22(24)27-21;/h3-6,12-15H,7-11H2,1-2H3,(H2,24,25,27);1H/b4-3+;. The third-order valence-corrected chi connectivity index (χ3v) is 5.35. The van der Waals surface area contributed by atoms with Crippen molar-refractivity contribution in [3.8, 4) is 5.82 Å². The van der Waals surface area contributed by atoms with E-state index in [0.717, 1.165) is 55.2 Å². The molecule has 1 aromatic carbocycles. The van der Waals surface area contributed by atoms with Gasteiger partial charge < -0.3 is 10.6 Å². The number of aromatic nitrogens is 4. The van der Waals surface area contributed by atoms with Crippen LogP contribution >= 0.6 is 12.4 Å². The number of halogens is 2. The molecule has 164 valence electrons. The van der Waals surface area contributed by atoms with Crippen LogP contribution in [0.3, 0.4) is 0 Å². The molecule has 2 aromatic heterocycles. The Bertz CT molecular complexity index is 1040. The molecule has 1 fully saturated rings. The van der Waals surface area contributed by atoms with Crippen LogP contribution in [0.4, 0.5) is 16.0 Å². The van der Waals surface area contributed by atoms with Gasteiger partial charge >= 0.3 is 0 Å². The van der Waals surface area contributed by atoms with Crippen LogP contribution < -0.4 is 10.6 Å². The van der Waals surface area contributed by atoms with Gasteiger partial charge in [0.05, 0.1) is 11.9 Å². The van der Waals surface area contributed by atoms with E-state index in [1.165, 1.54) is 0 Å². The van der Waals surface area contributed by atoms with Crippen LogP contribution in [0.5, 0.6) is 0 Å². The molecule has 0 spiro atoms. The lowest BCUT2D eigenvalue weighted by Crippen LogP contribution is -2.46. The van der Waals surface area contributed by atoms with E-state index in [0.29, 0.717) is 5.82 Å². The van der Waals surface area contributed by atoms with Crippen LogP contribution in [0.25, 0.3) is 11.9 Å². The molecule has 1 aliphatic heterocycles. The predicted octanol–water partition coefficient (Wildman–Crippen LogP) is 3.26. The number of piperazine rings is 1. The molecule has 2 N–H and O–H groups in total. The second kappa shape index (κ2) is 9.89. The fourth-order valence-corrected chi connectivity index (χ4v) is 3.72. The van der Waals surface area contributed by atoms with Crippen LogP contribution in [0, 0.1) is 19.7 Å². The van der Waals surface area contributed by atoms with E-state index in [9.17, 15) is 4.39 Å². The van der Waals surface area contributed by atoms with Gasteiger partial charge in [-0.2, -0.15) is 10.1 Å². The maximum Gasteiger partial charge on any atom is 0.221 e. The second-order valence-corrected chi connectivity index (χ2v) is 7.55. The van der Waals surface area contributed by atoms with Crippen molar-refractivity contribution < 1.29 is 4.39 Å². The van der Waals surface area contributed by atoms with Gasteiger partial charge in [0, 0.05) is 56.2 Å². The summed E-state index contributed by atoms with van der Waals surface area (Å²) in [5, 5.41) is 4.42. The largest absolute Gasteiger partial charge is 0.369 e. The highest BCUT2D eigenvalue weighted by Crippen LogP contribution is 2.20. The summed E-state index contributed by atoms with van der Waals surface area (Å²) in [7, 11) is 0. The molecule has 1 saturated heterocycles. The Balaban J connectivity index is 0.00000272. The van der Waals surface area contributed by atoms with E-state index in [2.05, 4.69) is 37.0 Å². The molecule has 0 bridgehead atoms. The molecule has 0 radical (unpaired) electrons. The van der Waals surface area contributed by atoms with Gasteiger partial charge in [0.25, 0.3) is 0 Å². The average molecular weight is 444 g/mol. The number of nitrogen functional groups attached to an aromatic ring is 1. The molecular formula is C22H27ClFN7. The third-order valence-electron chi connectivity index (χ3n) is 5.35. The molecule has 0 amide bonds. The van der Waals surface area contributed by atoms with E-state index in [4.69, 9.17) is 5.73 Å². The first kappa shape index (κ1) is 22.7. The molecule has 4 rings (SSSR count). The lowest BCUT2D eigenvalue weighted by atomic mass is 10.2. The minimum absolute atomic E-state index is 0. The van der Waals surface area contributed by atoms with Crippen LogP contribution in [-0.2, 0) is 0 Å². The summed E-state index contributed by atoms with van der Waals surface area (Å²) in [4.78, 5) is 12.8. The maximum atomic E-state index is 13.7. The summed E-state index contributed by atoms with van der Waals surface area (Å²) in [6, 6.07) is 7.01. The first-order chi connectivity index (χ1) is 14.5. The minimum atomic E-state index is -0.170. The molecule has 3 heterocycles. The van der Waals surface area contributed by atoms with Crippen molar-refractivity contribution in [3.63, 3.8) is 0 Å². The van der Waals surface area contributed by atoms with E-state index in [-0.39, 0.29) is 24.2 Å². The number of anilines is 2. The molecule has 7 nitrogen and oxygen atoms in total. The number of aryl methyl sites for hydroxylation is 1. The number of nitrogens with zero attached hydrogens (tertiary/aromatic N) is 6. The third kappa shape index (κ3) is 5.39. The maximum absolute atomic E-state index is 13.7. The number of hydrogen-bond acceptors (Lipinski definition) is 6. The topological polar surface area (TPSA) is 76.1 Å². The SMILES string of the molecule is Cc1cc(F)cc(N2CCN(C/C=C/c3cnn(-c4ccnc(N)n4)c3C)CC2)c1.Cl. The number of hydrogen-bond donors (Lipinski definition) is 1. The Morgan fingerprint density at radius 1 is 1.13 bits per heavy atom. The van der Waals surface area contributed by atoms with Gasteiger partial charge in [-0.15, -0.1) is 12.4 Å². The van der Waals surface area contributed by atoms with Crippen molar-refractivity contribution in [3.05, 3.63) is 65.4 Å². The van der Waals surface area contributed by atoms with Crippen molar-refractivity contribution in [2.24, 2.45) is 0 Å². The Kier molecular flexibility index (Phi) is 7.25. The van der Waals surface area contributed by atoms with Crippen LogP contribution in [0.2, 0.25) is 0 Å². The van der Waals surface area contributed by atoms with Crippen molar-refractivity contribution in [2.45, 2.75) is 13.8 Å². The predicted molar refractivity (Wildman–Crippen MR) is 124 cm³/mol. The summed E-state index contributed by atoms with van der Waals surface area (Å²) in [6.07, 6.45) is 7.70. The zero-order valence-corrected chi connectivity index (χ0v) is 18.5. The number of benzene rings is 1. The lowest BCUT2D eigenvalue weighted by molar-refractivity contribution is 0.284. The fourth-order valence-electron chi connectivity index (χ4n) is 3.72. The quantitative estimate of drug-likeness (QED) is 0.652. The second-order valence-electron chi connectivity index (χ2n) is 7.55. The Morgan fingerprint density at radius 3 is 2.61 bits per heavy atom. The zero-order chi connectivity index (χ0) is 21.1. The van der Waals surface area contributed by atoms with Crippen molar-refractivity contribution in [1.29, 1.82) is 0 Å². The zero-order valence-electron chi connectivity index (χ0n) is 17.7. The van der Waals surface area contributed by atoms with Gasteiger partial charge in [-0.3, -0.25) is 4.90 Å². The molecule has 0 unspecified atom stereocenters. The van der Waals surface area contributed by atoms with E-state index >= 15 is 0 Å². The highest BCUT2D eigenvalue weighted by molar-refractivity contribution is 5.85. The summed E-state index contributed by atoms with van der Waals surface area (Å²) in [6.45, 7) is 8.46. The van der Waals surface area contributed by atoms with Gasteiger partial charge in [0.1, 0.15) is 5.82 Å². The Hall–Kier alpha value is -2.97.